The molecule has 0 atom stereocenters. The van der Waals surface area contributed by atoms with Gasteiger partial charge in [0.1, 0.15) is 5.75 Å². The zero-order valence-corrected chi connectivity index (χ0v) is 12.1. The molecule has 108 valence electrons. The third-order valence-electron chi connectivity index (χ3n) is 2.93. The predicted octanol–water partition coefficient (Wildman–Crippen LogP) is 2.71. The summed E-state index contributed by atoms with van der Waals surface area (Å²) >= 11 is 0. The zero-order chi connectivity index (χ0) is 14.2. The molecule has 0 saturated heterocycles. The monoisotopic (exact) mass is 275 g/mol. The molecule has 0 unspecified atom stereocenters. The predicted molar refractivity (Wildman–Crippen MR) is 76.4 cm³/mol. The molecule has 2 rings (SSSR count). The smallest absolute Gasteiger partial charge is 0.264 e. The van der Waals surface area contributed by atoms with E-state index in [2.05, 4.69) is 22.4 Å². The van der Waals surface area contributed by atoms with Gasteiger partial charge in [-0.05, 0) is 31.2 Å². The molecule has 0 aliphatic heterocycles. The molecule has 0 spiro atoms. The van der Waals surface area contributed by atoms with Gasteiger partial charge in [0.05, 0.1) is 0 Å². The first-order valence-electron chi connectivity index (χ1n) is 6.99. The molecule has 0 saturated carbocycles. The van der Waals surface area contributed by atoms with Crippen molar-refractivity contribution in [3.8, 4) is 5.75 Å². The second-order valence-corrected chi connectivity index (χ2v) is 4.67. The van der Waals surface area contributed by atoms with Crippen molar-refractivity contribution in [2.75, 3.05) is 7.05 Å². The highest BCUT2D eigenvalue weighted by Crippen LogP contribution is 2.14. The Hall–Kier alpha value is -1.88. The molecule has 0 aliphatic carbocycles. The average molecular weight is 275 g/mol. The average Bonchev–Trinajstić information content (AvgIpc) is 2.93. The maximum atomic E-state index is 5.63. The minimum absolute atomic E-state index is 0.310. The first-order valence-corrected chi connectivity index (χ1v) is 6.99. The van der Waals surface area contributed by atoms with E-state index >= 15 is 0 Å². The summed E-state index contributed by atoms with van der Waals surface area (Å²) in [6, 6.07) is 7.96. The summed E-state index contributed by atoms with van der Waals surface area (Å²) in [5.41, 5.74) is 1.22. The third kappa shape index (κ3) is 4.35. The highest BCUT2D eigenvalue weighted by Gasteiger charge is 2.06. The van der Waals surface area contributed by atoms with E-state index in [4.69, 9.17) is 9.26 Å². The number of nitrogens with zero attached hydrogens (tertiary/aromatic N) is 2. The van der Waals surface area contributed by atoms with Crippen molar-refractivity contribution in [3.05, 3.63) is 41.5 Å². The molecule has 1 N–H and O–H groups in total. The van der Waals surface area contributed by atoms with Crippen molar-refractivity contribution in [1.29, 1.82) is 0 Å². The lowest BCUT2D eigenvalue weighted by Crippen LogP contribution is -2.04. The number of nitrogens with one attached hydrogen (secondary N) is 1. The lowest BCUT2D eigenvalue weighted by atomic mass is 10.2. The Morgan fingerprint density at radius 3 is 2.75 bits per heavy atom. The lowest BCUT2D eigenvalue weighted by Gasteiger charge is -2.04. The topological polar surface area (TPSA) is 60.2 Å². The minimum Gasteiger partial charge on any atom is -0.484 e. The van der Waals surface area contributed by atoms with Crippen molar-refractivity contribution in [2.45, 2.75) is 39.3 Å². The van der Waals surface area contributed by atoms with Gasteiger partial charge in [0.15, 0.2) is 12.4 Å². The van der Waals surface area contributed by atoms with Crippen LogP contribution >= 0.6 is 0 Å². The van der Waals surface area contributed by atoms with Gasteiger partial charge < -0.3 is 14.6 Å². The number of benzene rings is 1. The highest BCUT2D eigenvalue weighted by molar-refractivity contribution is 5.27. The molecule has 5 heteroatoms. The molecule has 0 radical (unpaired) electrons. The van der Waals surface area contributed by atoms with Gasteiger partial charge in [-0.25, -0.2) is 0 Å². The summed E-state index contributed by atoms with van der Waals surface area (Å²) in [6.45, 7) is 3.30. The van der Waals surface area contributed by atoms with E-state index in [0.29, 0.717) is 12.5 Å². The summed E-state index contributed by atoms with van der Waals surface area (Å²) in [5, 5.41) is 7.04. The molecule has 2 aromatic rings. The Labute approximate surface area is 119 Å². The molecule has 1 aromatic carbocycles. The molecule has 1 aromatic heterocycles. The number of hydrogen-bond donors (Lipinski definition) is 1. The van der Waals surface area contributed by atoms with Crippen LogP contribution in [0.15, 0.2) is 28.8 Å². The summed E-state index contributed by atoms with van der Waals surface area (Å²) in [4.78, 5) is 4.30. The number of ether oxygens (including phenoxy) is 1. The van der Waals surface area contributed by atoms with Crippen LogP contribution in [0.5, 0.6) is 5.75 Å². The zero-order valence-electron chi connectivity index (χ0n) is 12.1. The van der Waals surface area contributed by atoms with Crippen LogP contribution < -0.4 is 10.1 Å². The van der Waals surface area contributed by atoms with E-state index < -0.39 is 0 Å². The third-order valence-corrected chi connectivity index (χ3v) is 2.93. The fourth-order valence-electron chi connectivity index (χ4n) is 1.84. The van der Waals surface area contributed by atoms with Gasteiger partial charge in [-0.15, -0.1) is 0 Å². The standard InChI is InChI=1S/C15H21N3O2/c1-3-4-5-14-17-15(20-18-14)11-19-13-8-6-12(7-9-13)10-16-2/h6-9,16H,3-5,10-11H2,1-2H3. The molecule has 0 amide bonds. The normalized spacial score (nSPS) is 10.7. The number of unbranched alkanes of at least 4 members (excludes halogenated alkanes) is 1. The van der Waals surface area contributed by atoms with Gasteiger partial charge in [-0.2, -0.15) is 4.98 Å². The second-order valence-electron chi connectivity index (χ2n) is 4.67. The van der Waals surface area contributed by atoms with E-state index in [9.17, 15) is 0 Å². The molecule has 20 heavy (non-hydrogen) atoms. The van der Waals surface area contributed by atoms with E-state index in [1.165, 1.54) is 5.56 Å². The summed E-state index contributed by atoms with van der Waals surface area (Å²) in [5.74, 6) is 2.09. The Bertz CT molecular complexity index is 508. The van der Waals surface area contributed by atoms with Gasteiger partial charge >= 0.3 is 0 Å². The largest absolute Gasteiger partial charge is 0.484 e. The number of hydrogen-bond acceptors (Lipinski definition) is 5. The van der Waals surface area contributed by atoms with Gasteiger partial charge in [0.2, 0.25) is 0 Å². The first-order chi connectivity index (χ1) is 9.81. The highest BCUT2D eigenvalue weighted by atomic mass is 16.5. The molecule has 0 aliphatic rings. The van der Waals surface area contributed by atoms with Gasteiger partial charge in [0.25, 0.3) is 5.89 Å². The van der Waals surface area contributed by atoms with Crippen molar-refractivity contribution >= 4 is 0 Å². The van der Waals surface area contributed by atoms with Crippen LogP contribution in [0.1, 0.15) is 37.0 Å². The molecular weight excluding hydrogens is 254 g/mol. The molecular formula is C15H21N3O2. The maximum absolute atomic E-state index is 5.63. The van der Waals surface area contributed by atoms with Crippen molar-refractivity contribution in [2.24, 2.45) is 0 Å². The summed E-state index contributed by atoms with van der Waals surface area (Å²) in [7, 11) is 1.93. The van der Waals surface area contributed by atoms with Crippen LogP contribution in [0.25, 0.3) is 0 Å². The molecule has 0 bridgehead atoms. The van der Waals surface area contributed by atoms with Gasteiger partial charge in [0, 0.05) is 13.0 Å². The van der Waals surface area contributed by atoms with Crippen molar-refractivity contribution in [1.82, 2.24) is 15.5 Å². The molecule has 0 fully saturated rings. The molecule has 1 heterocycles. The Balaban J connectivity index is 1.83. The molecule has 5 nitrogen and oxygen atoms in total. The van der Waals surface area contributed by atoms with E-state index in [-0.39, 0.29) is 0 Å². The van der Waals surface area contributed by atoms with Crippen LogP contribution in [-0.4, -0.2) is 17.2 Å². The van der Waals surface area contributed by atoms with Crippen LogP contribution in [0, 0.1) is 0 Å². The van der Waals surface area contributed by atoms with Crippen LogP contribution in [0.2, 0.25) is 0 Å². The van der Waals surface area contributed by atoms with Crippen molar-refractivity contribution < 1.29 is 9.26 Å². The van der Waals surface area contributed by atoms with E-state index in [1.807, 2.05) is 31.3 Å². The fourth-order valence-corrected chi connectivity index (χ4v) is 1.84. The van der Waals surface area contributed by atoms with Gasteiger partial charge in [-0.1, -0.05) is 30.6 Å². The van der Waals surface area contributed by atoms with Crippen molar-refractivity contribution in [3.63, 3.8) is 0 Å². The Kier molecular flexibility index (Phi) is 5.55. The Morgan fingerprint density at radius 2 is 2.05 bits per heavy atom. The fraction of sp³-hybridized carbons (Fsp3) is 0.467. The number of rotatable bonds is 8. The number of aryl methyl sites for hydroxylation is 1. The first kappa shape index (κ1) is 14.5. The SMILES string of the molecule is CCCCc1noc(COc2ccc(CNC)cc2)n1. The summed E-state index contributed by atoms with van der Waals surface area (Å²) in [6.07, 6.45) is 3.06. The van der Waals surface area contributed by atoms with Crippen LogP contribution in [0.3, 0.4) is 0 Å². The van der Waals surface area contributed by atoms with E-state index in [0.717, 1.165) is 37.4 Å². The summed E-state index contributed by atoms with van der Waals surface area (Å²) < 4.78 is 10.8. The quantitative estimate of drug-likeness (QED) is 0.802. The van der Waals surface area contributed by atoms with Crippen LogP contribution in [0.4, 0.5) is 0 Å². The van der Waals surface area contributed by atoms with Crippen LogP contribution in [-0.2, 0) is 19.6 Å². The van der Waals surface area contributed by atoms with Gasteiger partial charge in [-0.3, -0.25) is 0 Å². The lowest BCUT2D eigenvalue weighted by molar-refractivity contribution is 0.242. The number of aromatic nitrogens is 2. The second kappa shape index (κ2) is 7.65. The van der Waals surface area contributed by atoms with E-state index in [1.54, 1.807) is 0 Å². The Morgan fingerprint density at radius 1 is 1.25 bits per heavy atom. The minimum atomic E-state index is 0.310. The maximum Gasteiger partial charge on any atom is 0.264 e.